The number of carbonyl (C=O) groups is 1. The van der Waals surface area contributed by atoms with Gasteiger partial charge < -0.3 is 15.3 Å². The average molecular weight is 220 g/mol. The largest absolute Gasteiger partial charge is 0.508 e. The maximum atomic E-state index is 11.7. The molecule has 0 aliphatic carbocycles. The molecule has 4 nitrogen and oxygen atoms in total. The van der Waals surface area contributed by atoms with Crippen LogP contribution in [0.4, 0.5) is 5.69 Å². The molecule has 1 heterocycles. The highest BCUT2D eigenvalue weighted by molar-refractivity contribution is 5.81. The first kappa shape index (κ1) is 10.8. The quantitative estimate of drug-likeness (QED) is 0.758. The van der Waals surface area contributed by atoms with E-state index in [1.165, 1.54) is 0 Å². The molecule has 1 saturated heterocycles. The normalized spacial score (nSPS) is 15.1. The van der Waals surface area contributed by atoms with E-state index >= 15 is 0 Å². The summed E-state index contributed by atoms with van der Waals surface area (Å²) in [5.74, 6) is 0.377. The van der Waals surface area contributed by atoms with Gasteiger partial charge >= 0.3 is 0 Å². The Labute approximate surface area is 94.9 Å². The van der Waals surface area contributed by atoms with Gasteiger partial charge in [-0.3, -0.25) is 4.79 Å². The third-order valence-electron chi connectivity index (χ3n) is 2.77. The standard InChI is InChI=1S/C12H16N2O2/c15-11-5-3-10(4-6-11)13-9-12(16)14-7-1-2-8-14/h3-6,13,15H,1-2,7-9H2. The molecule has 1 aromatic rings. The summed E-state index contributed by atoms with van der Waals surface area (Å²) in [7, 11) is 0. The fraction of sp³-hybridized carbons (Fsp3) is 0.417. The van der Waals surface area contributed by atoms with Gasteiger partial charge in [-0.05, 0) is 37.1 Å². The van der Waals surface area contributed by atoms with Crippen LogP contribution in [0.25, 0.3) is 0 Å². The van der Waals surface area contributed by atoms with Crippen molar-refractivity contribution in [3.8, 4) is 5.75 Å². The summed E-state index contributed by atoms with van der Waals surface area (Å²) in [6.45, 7) is 2.09. The van der Waals surface area contributed by atoms with Crippen molar-refractivity contribution < 1.29 is 9.90 Å². The van der Waals surface area contributed by atoms with Gasteiger partial charge in [-0.1, -0.05) is 0 Å². The highest BCUT2D eigenvalue weighted by Gasteiger charge is 2.16. The predicted octanol–water partition coefficient (Wildman–Crippen LogP) is 1.43. The SMILES string of the molecule is O=C(CNc1ccc(O)cc1)N1CCCC1. The van der Waals surface area contributed by atoms with Gasteiger partial charge in [0.25, 0.3) is 0 Å². The van der Waals surface area contributed by atoms with Crippen LogP contribution in [0.15, 0.2) is 24.3 Å². The van der Waals surface area contributed by atoms with Crippen molar-refractivity contribution in [3.05, 3.63) is 24.3 Å². The topological polar surface area (TPSA) is 52.6 Å². The number of hydrogen-bond acceptors (Lipinski definition) is 3. The number of amides is 1. The van der Waals surface area contributed by atoms with Gasteiger partial charge in [0.1, 0.15) is 5.75 Å². The van der Waals surface area contributed by atoms with Crippen molar-refractivity contribution in [2.24, 2.45) is 0 Å². The van der Waals surface area contributed by atoms with Crippen LogP contribution in [-0.4, -0.2) is 35.5 Å². The van der Waals surface area contributed by atoms with E-state index in [0.29, 0.717) is 6.54 Å². The van der Waals surface area contributed by atoms with Crippen molar-refractivity contribution in [3.63, 3.8) is 0 Å². The number of rotatable bonds is 3. The lowest BCUT2D eigenvalue weighted by Gasteiger charge is -2.15. The summed E-state index contributed by atoms with van der Waals surface area (Å²) in [5, 5.41) is 12.1. The molecular weight excluding hydrogens is 204 g/mol. The predicted molar refractivity (Wildman–Crippen MR) is 62.4 cm³/mol. The van der Waals surface area contributed by atoms with Crippen molar-refractivity contribution >= 4 is 11.6 Å². The molecule has 1 aliphatic rings. The zero-order valence-electron chi connectivity index (χ0n) is 9.15. The Morgan fingerprint density at radius 2 is 1.88 bits per heavy atom. The second-order valence-electron chi connectivity index (χ2n) is 3.99. The summed E-state index contributed by atoms with van der Waals surface area (Å²) < 4.78 is 0. The lowest BCUT2D eigenvalue weighted by Crippen LogP contribution is -2.32. The number of anilines is 1. The first-order valence-corrected chi connectivity index (χ1v) is 5.56. The van der Waals surface area contributed by atoms with Gasteiger partial charge in [-0.2, -0.15) is 0 Å². The summed E-state index contributed by atoms with van der Waals surface area (Å²) in [4.78, 5) is 13.6. The number of nitrogens with one attached hydrogen (secondary N) is 1. The lowest BCUT2D eigenvalue weighted by molar-refractivity contribution is -0.128. The molecular formula is C12H16N2O2. The molecule has 1 amide bonds. The molecule has 86 valence electrons. The van der Waals surface area contributed by atoms with Crippen LogP contribution >= 0.6 is 0 Å². The van der Waals surface area contributed by atoms with Gasteiger partial charge in [-0.15, -0.1) is 0 Å². The molecule has 0 saturated carbocycles. The number of benzene rings is 1. The first-order valence-electron chi connectivity index (χ1n) is 5.56. The number of likely N-dealkylation sites (tertiary alicyclic amines) is 1. The molecule has 0 atom stereocenters. The van der Waals surface area contributed by atoms with Crippen molar-refractivity contribution in [1.29, 1.82) is 0 Å². The van der Waals surface area contributed by atoms with E-state index in [2.05, 4.69) is 5.32 Å². The monoisotopic (exact) mass is 220 g/mol. The Balaban J connectivity index is 1.82. The molecule has 0 radical (unpaired) electrons. The molecule has 1 aromatic carbocycles. The van der Waals surface area contributed by atoms with Gasteiger partial charge in [-0.25, -0.2) is 0 Å². The number of aromatic hydroxyl groups is 1. The van der Waals surface area contributed by atoms with Crippen LogP contribution in [0.1, 0.15) is 12.8 Å². The molecule has 0 aromatic heterocycles. The summed E-state index contributed by atoms with van der Waals surface area (Å²) >= 11 is 0. The molecule has 0 bridgehead atoms. The molecule has 0 unspecified atom stereocenters. The summed E-state index contributed by atoms with van der Waals surface area (Å²) in [6.07, 6.45) is 2.23. The number of nitrogens with zero attached hydrogens (tertiary/aromatic N) is 1. The zero-order chi connectivity index (χ0) is 11.4. The number of carbonyl (C=O) groups excluding carboxylic acids is 1. The minimum Gasteiger partial charge on any atom is -0.508 e. The molecule has 2 rings (SSSR count). The highest BCUT2D eigenvalue weighted by atomic mass is 16.3. The van der Waals surface area contributed by atoms with E-state index in [4.69, 9.17) is 5.11 Å². The lowest BCUT2D eigenvalue weighted by atomic mass is 10.3. The van der Waals surface area contributed by atoms with Gasteiger partial charge in [0.2, 0.25) is 5.91 Å². The van der Waals surface area contributed by atoms with E-state index in [0.717, 1.165) is 31.6 Å². The fourth-order valence-electron chi connectivity index (χ4n) is 1.84. The number of hydrogen-bond donors (Lipinski definition) is 2. The van der Waals surface area contributed by atoms with E-state index in [9.17, 15) is 4.79 Å². The van der Waals surface area contributed by atoms with Crippen LogP contribution in [0, 0.1) is 0 Å². The van der Waals surface area contributed by atoms with Crippen molar-refractivity contribution in [1.82, 2.24) is 4.90 Å². The number of phenols is 1. The maximum absolute atomic E-state index is 11.7. The molecule has 0 spiro atoms. The van der Waals surface area contributed by atoms with Crippen LogP contribution in [0.3, 0.4) is 0 Å². The smallest absolute Gasteiger partial charge is 0.241 e. The Bertz CT molecular complexity index is 356. The second kappa shape index (κ2) is 4.88. The van der Waals surface area contributed by atoms with Crippen LogP contribution < -0.4 is 5.32 Å². The third kappa shape index (κ3) is 2.66. The minimum atomic E-state index is 0.144. The first-order chi connectivity index (χ1) is 7.75. The Kier molecular flexibility index (Phi) is 3.29. The Morgan fingerprint density at radius 3 is 2.50 bits per heavy atom. The molecule has 1 aliphatic heterocycles. The van der Waals surface area contributed by atoms with Gasteiger partial charge in [0.15, 0.2) is 0 Å². The number of phenolic OH excluding ortho intramolecular Hbond substituents is 1. The Hall–Kier alpha value is -1.71. The highest BCUT2D eigenvalue weighted by Crippen LogP contribution is 2.14. The molecule has 1 fully saturated rings. The van der Waals surface area contributed by atoms with Gasteiger partial charge in [0, 0.05) is 18.8 Å². The van der Waals surface area contributed by atoms with E-state index in [1.807, 2.05) is 4.90 Å². The molecule has 16 heavy (non-hydrogen) atoms. The summed E-state index contributed by atoms with van der Waals surface area (Å²) in [6, 6.07) is 6.71. The summed E-state index contributed by atoms with van der Waals surface area (Å²) in [5.41, 5.74) is 0.852. The van der Waals surface area contributed by atoms with Crippen molar-refractivity contribution in [2.45, 2.75) is 12.8 Å². The zero-order valence-corrected chi connectivity index (χ0v) is 9.15. The maximum Gasteiger partial charge on any atom is 0.241 e. The van der Waals surface area contributed by atoms with Gasteiger partial charge in [0.05, 0.1) is 6.54 Å². The van der Waals surface area contributed by atoms with Crippen LogP contribution in [0.5, 0.6) is 5.75 Å². The van der Waals surface area contributed by atoms with Crippen molar-refractivity contribution in [2.75, 3.05) is 25.0 Å². The van der Waals surface area contributed by atoms with E-state index in [-0.39, 0.29) is 11.7 Å². The third-order valence-corrected chi connectivity index (χ3v) is 2.77. The molecule has 4 heteroatoms. The van der Waals surface area contributed by atoms with E-state index in [1.54, 1.807) is 24.3 Å². The molecule has 2 N–H and O–H groups in total. The second-order valence-corrected chi connectivity index (χ2v) is 3.99. The fourth-order valence-corrected chi connectivity index (χ4v) is 1.84. The minimum absolute atomic E-state index is 0.144. The Morgan fingerprint density at radius 1 is 1.25 bits per heavy atom. The van der Waals surface area contributed by atoms with Crippen LogP contribution in [0.2, 0.25) is 0 Å². The van der Waals surface area contributed by atoms with Crippen LogP contribution in [-0.2, 0) is 4.79 Å². The van der Waals surface area contributed by atoms with E-state index < -0.39 is 0 Å². The average Bonchev–Trinajstić information content (AvgIpc) is 2.81.